The van der Waals surface area contributed by atoms with Crippen LogP contribution in [0.3, 0.4) is 0 Å². The molecule has 0 aliphatic heterocycles. The quantitative estimate of drug-likeness (QED) is 0.820. The number of aromatic carboxylic acids is 1. The van der Waals surface area contributed by atoms with Crippen LogP contribution in [0.25, 0.3) is 0 Å². The Kier molecular flexibility index (Phi) is 4.79. The number of aromatic nitrogens is 1. The van der Waals surface area contributed by atoms with E-state index in [0.29, 0.717) is 0 Å². The molecule has 9 heteroatoms. The van der Waals surface area contributed by atoms with Gasteiger partial charge < -0.3 is 9.84 Å². The molecule has 0 aliphatic carbocycles. The molecular weight excluding hydrogens is 280 g/mol. The molecular formula is C9H14N2O5S2. The summed E-state index contributed by atoms with van der Waals surface area (Å²) in [6.45, 7) is 1.89. The molecule has 1 unspecified atom stereocenters. The lowest BCUT2D eigenvalue weighted by Gasteiger charge is -2.22. The van der Waals surface area contributed by atoms with Crippen LogP contribution >= 0.6 is 11.3 Å². The molecule has 0 bridgehead atoms. The summed E-state index contributed by atoms with van der Waals surface area (Å²) >= 11 is 0.786. The maximum absolute atomic E-state index is 12.2. The van der Waals surface area contributed by atoms with Crippen molar-refractivity contribution >= 4 is 27.3 Å². The van der Waals surface area contributed by atoms with Crippen molar-refractivity contribution in [3.05, 3.63) is 11.2 Å². The standard InChI is InChI=1S/C9H14N2O5S2/c1-6(4-16-3)11(2)18(14,15)9-7(8(12)13)10-5-17-9/h5-6H,4H2,1-3H3,(H,12,13). The Morgan fingerprint density at radius 2 is 2.28 bits per heavy atom. The average Bonchev–Trinajstić information content (AvgIpc) is 2.77. The van der Waals surface area contributed by atoms with Gasteiger partial charge in [0.15, 0.2) is 9.90 Å². The molecule has 18 heavy (non-hydrogen) atoms. The third-order valence-corrected chi connectivity index (χ3v) is 5.70. The molecule has 0 amide bonds. The van der Waals surface area contributed by atoms with Gasteiger partial charge in [-0.3, -0.25) is 0 Å². The Labute approximate surface area is 109 Å². The fourth-order valence-corrected chi connectivity index (χ4v) is 3.93. The van der Waals surface area contributed by atoms with Gasteiger partial charge >= 0.3 is 5.97 Å². The van der Waals surface area contributed by atoms with E-state index in [4.69, 9.17) is 9.84 Å². The van der Waals surface area contributed by atoms with E-state index in [1.807, 2.05) is 0 Å². The van der Waals surface area contributed by atoms with Crippen LogP contribution in [-0.4, -0.2) is 55.6 Å². The number of ether oxygens (including phenoxy) is 1. The van der Waals surface area contributed by atoms with E-state index in [-0.39, 0.29) is 10.8 Å². The first-order chi connectivity index (χ1) is 8.32. The van der Waals surface area contributed by atoms with Crippen LogP contribution in [0.1, 0.15) is 17.4 Å². The zero-order chi connectivity index (χ0) is 13.9. The first-order valence-corrected chi connectivity index (χ1v) is 7.28. The Hall–Kier alpha value is -1.03. The number of carbonyl (C=O) groups is 1. The van der Waals surface area contributed by atoms with Crippen LogP contribution in [0.2, 0.25) is 0 Å². The molecule has 0 fully saturated rings. The fourth-order valence-electron chi connectivity index (χ4n) is 1.27. The number of hydrogen-bond donors (Lipinski definition) is 1. The fraction of sp³-hybridized carbons (Fsp3) is 0.556. The normalized spacial score (nSPS) is 13.8. The third-order valence-electron chi connectivity index (χ3n) is 2.38. The van der Waals surface area contributed by atoms with Gasteiger partial charge in [-0.1, -0.05) is 0 Å². The summed E-state index contributed by atoms with van der Waals surface area (Å²) in [6.07, 6.45) is 0. The van der Waals surface area contributed by atoms with Gasteiger partial charge in [-0.25, -0.2) is 18.2 Å². The molecule has 1 aromatic rings. The van der Waals surface area contributed by atoms with E-state index in [1.165, 1.54) is 19.7 Å². The van der Waals surface area contributed by atoms with Crippen molar-refractivity contribution in [1.82, 2.24) is 9.29 Å². The molecule has 0 spiro atoms. The van der Waals surface area contributed by atoms with Crippen LogP contribution in [0.15, 0.2) is 9.72 Å². The van der Waals surface area contributed by atoms with Crippen molar-refractivity contribution in [2.45, 2.75) is 17.2 Å². The van der Waals surface area contributed by atoms with E-state index < -0.39 is 27.7 Å². The number of rotatable bonds is 6. The number of carboxylic acids is 1. The molecule has 0 saturated carbocycles. The average molecular weight is 294 g/mol. The van der Waals surface area contributed by atoms with Crippen molar-refractivity contribution in [2.24, 2.45) is 0 Å². The highest BCUT2D eigenvalue weighted by Gasteiger charge is 2.31. The van der Waals surface area contributed by atoms with E-state index >= 15 is 0 Å². The summed E-state index contributed by atoms with van der Waals surface area (Å²) < 4.78 is 30.1. The van der Waals surface area contributed by atoms with E-state index in [9.17, 15) is 13.2 Å². The summed E-state index contributed by atoms with van der Waals surface area (Å²) in [5, 5.41) is 8.88. The van der Waals surface area contributed by atoms with Crippen LogP contribution in [0.4, 0.5) is 0 Å². The predicted octanol–water partition coefficient (Wildman–Crippen LogP) is 0.497. The molecule has 7 nitrogen and oxygen atoms in total. The maximum atomic E-state index is 12.2. The van der Waals surface area contributed by atoms with Gasteiger partial charge in [0.2, 0.25) is 0 Å². The topological polar surface area (TPSA) is 96.8 Å². The lowest BCUT2D eigenvalue weighted by molar-refractivity contribution is 0.0687. The Balaban J connectivity index is 3.13. The van der Waals surface area contributed by atoms with E-state index in [0.717, 1.165) is 15.6 Å². The molecule has 0 saturated heterocycles. The van der Waals surface area contributed by atoms with Crippen LogP contribution in [-0.2, 0) is 14.8 Å². The smallest absolute Gasteiger partial charge is 0.356 e. The summed E-state index contributed by atoms with van der Waals surface area (Å²) in [5.74, 6) is -1.36. The number of likely N-dealkylation sites (N-methyl/N-ethyl adjacent to an activating group) is 1. The van der Waals surface area contributed by atoms with Crippen LogP contribution < -0.4 is 0 Å². The minimum Gasteiger partial charge on any atom is -0.476 e. The predicted molar refractivity (Wildman–Crippen MR) is 65.4 cm³/mol. The second-order valence-corrected chi connectivity index (χ2v) is 6.67. The van der Waals surface area contributed by atoms with Gasteiger partial charge in [0.25, 0.3) is 10.0 Å². The molecule has 0 aliphatic rings. The highest BCUT2D eigenvalue weighted by atomic mass is 32.2. The van der Waals surface area contributed by atoms with E-state index in [1.54, 1.807) is 6.92 Å². The monoisotopic (exact) mass is 294 g/mol. The summed E-state index contributed by atoms with van der Waals surface area (Å²) in [6, 6.07) is -0.399. The van der Waals surface area contributed by atoms with Crippen LogP contribution in [0.5, 0.6) is 0 Å². The first-order valence-electron chi connectivity index (χ1n) is 4.96. The highest BCUT2D eigenvalue weighted by molar-refractivity contribution is 7.91. The third kappa shape index (κ3) is 2.86. The van der Waals surface area contributed by atoms with Crippen molar-refractivity contribution in [2.75, 3.05) is 20.8 Å². The number of sulfonamides is 1. The molecule has 1 N–H and O–H groups in total. The number of carboxylic acid groups (broad SMARTS) is 1. The van der Waals surface area contributed by atoms with Gasteiger partial charge in [-0.15, -0.1) is 11.3 Å². The zero-order valence-electron chi connectivity index (χ0n) is 10.2. The van der Waals surface area contributed by atoms with Gasteiger partial charge in [0, 0.05) is 20.2 Å². The van der Waals surface area contributed by atoms with Gasteiger partial charge in [0.1, 0.15) is 0 Å². The van der Waals surface area contributed by atoms with Gasteiger partial charge in [-0.2, -0.15) is 4.31 Å². The number of nitrogens with zero attached hydrogens (tertiary/aromatic N) is 2. The van der Waals surface area contributed by atoms with Gasteiger partial charge in [0.05, 0.1) is 12.1 Å². The molecule has 1 rings (SSSR count). The van der Waals surface area contributed by atoms with Crippen molar-refractivity contribution < 1.29 is 23.1 Å². The molecule has 1 aromatic heterocycles. The highest BCUT2D eigenvalue weighted by Crippen LogP contribution is 2.24. The van der Waals surface area contributed by atoms with E-state index in [2.05, 4.69) is 4.98 Å². The largest absolute Gasteiger partial charge is 0.476 e. The lowest BCUT2D eigenvalue weighted by Crippen LogP contribution is -2.38. The second-order valence-electron chi connectivity index (χ2n) is 3.62. The minimum absolute atomic E-state index is 0.219. The van der Waals surface area contributed by atoms with Gasteiger partial charge in [-0.05, 0) is 6.92 Å². The Morgan fingerprint density at radius 1 is 1.67 bits per heavy atom. The molecule has 0 radical (unpaired) electrons. The number of methoxy groups -OCH3 is 1. The Bertz CT molecular complexity index is 525. The maximum Gasteiger partial charge on any atom is 0.356 e. The Morgan fingerprint density at radius 3 is 2.78 bits per heavy atom. The van der Waals surface area contributed by atoms with Crippen molar-refractivity contribution in [3.8, 4) is 0 Å². The molecule has 0 aromatic carbocycles. The molecule has 102 valence electrons. The first kappa shape index (κ1) is 15.0. The zero-order valence-corrected chi connectivity index (χ0v) is 11.8. The van der Waals surface area contributed by atoms with Crippen molar-refractivity contribution in [1.29, 1.82) is 0 Å². The second kappa shape index (κ2) is 5.74. The SMILES string of the molecule is COCC(C)N(C)S(=O)(=O)c1scnc1C(=O)O. The number of thiazole rings is 1. The lowest BCUT2D eigenvalue weighted by atomic mass is 10.4. The number of hydrogen-bond acceptors (Lipinski definition) is 6. The van der Waals surface area contributed by atoms with Crippen LogP contribution in [0, 0.1) is 0 Å². The molecule has 1 atom stereocenters. The summed E-state index contributed by atoms with van der Waals surface area (Å²) in [5.41, 5.74) is 0.752. The minimum atomic E-state index is -3.86. The van der Waals surface area contributed by atoms with Crippen molar-refractivity contribution in [3.63, 3.8) is 0 Å². The summed E-state index contributed by atoms with van der Waals surface area (Å²) in [7, 11) is -1.02. The molecule has 1 heterocycles. The summed E-state index contributed by atoms with van der Waals surface area (Å²) in [4.78, 5) is 14.4.